The molecule has 2 heterocycles. The third-order valence-corrected chi connectivity index (χ3v) is 5.48. The van der Waals surface area contributed by atoms with E-state index in [1.807, 2.05) is 48.5 Å². The van der Waals surface area contributed by atoms with Gasteiger partial charge in [-0.2, -0.15) is 5.10 Å². The summed E-state index contributed by atoms with van der Waals surface area (Å²) in [5.74, 6) is 0.135. The molecule has 0 saturated heterocycles. The number of para-hydroxylation sites is 1. The van der Waals surface area contributed by atoms with E-state index in [0.29, 0.717) is 18.8 Å². The third kappa shape index (κ3) is 4.23. The number of nitrogens with zero attached hydrogens (tertiary/aromatic N) is 4. The summed E-state index contributed by atoms with van der Waals surface area (Å²) in [7, 11) is 0. The van der Waals surface area contributed by atoms with Crippen LogP contribution in [0.4, 0.5) is 5.69 Å². The number of aromatic nitrogens is 3. The molecule has 0 unspecified atom stereocenters. The molecule has 2 amide bonds. The van der Waals surface area contributed by atoms with E-state index in [1.165, 1.54) is 18.1 Å². The van der Waals surface area contributed by atoms with Crippen LogP contribution in [-0.4, -0.2) is 38.9 Å². The zero-order valence-electron chi connectivity index (χ0n) is 15.1. The van der Waals surface area contributed by atoms with Gasteiger partial charge in [0.1, 0.15) is 19.2 Å². The Kier molecular flexibility index (Phi) is 5.38. The Labute approximate surface area is 166 Å². The molecule has 0 atom stereocenters. The molecular weight excluding hydrogens is 374 g/mol. The molecule has 28 heavy (non-hydrogen) atoms. The second kappa shape index (κ2) is 8.26. The van der Waals surface area contributed by atoms with E-state index in [0.717, 1.165) is 21.7 Å². The third-order valence-electron chi connectivity index (χ3n) is 4.43. The number of hydrogen-bond acceptors (Lipinski definition) is 5. The number of carbonyl (C=O) groups is 2. The molecule has 1 aliphatic rings. The van der Waals surface area contributed by atoms with Gasteiger partial charge in [-0.25, -0.2) is 9.67 Å². The number of rotatable bonds is 6. The zero-order chi connectivity index (χ0) is 19.3. The van der Waals surface area contributed by atoms with Gasteiger partial charge in [0.25, 0.3) is 0 Å². The van der Waals surface area contributed by atoms with Crippen LogP contribution in [0, 0.1) is 0 Å². The number of thioether (sulfide) groups is 1. The van der Waals surface area contributed by atoms with Gasteiger partial charge in [-0.05, 0) is 23.3 Å². The van der Waals surface area contributed by atoms with Crippen LogP contribution in [0.15, 0.2) is 66.1 Å². The van der Waals surface area contributed by atoms with Crippen LogP contribution in [0.3, 0.4) is 0 Å². The summed E-state index contributed by atoms with van der Waals surface area (Å²) in [5.41, 5.74) is 2.90. The van der Waals surface area contributed by atoms with Gasteiger partial charge in [0.15, 0.2) is 0 Å². The topological polar surface area (TPSA) is 80.1 Å². The van der Waals surface area contributed by atoms with Crippen LogP contribution in [-0.2, 0) is 22.7 Å². The van der Waals surface area contributed by atoms with Gasteiger partial charge < -0.3 is 10.2 Å². The fraction of sp³-hybridized carbons (Fsp3) is 0.200. The van der Waals surface area contributed by atoms with Crippen molar-refractivity contribution in [3.63, 3.8) is 0 Å². The van der Waals surface area contributed by atoms with Gasteiger partial charge in [-0.1, -0.05) is 36.4 Å². The minimum atomic E-state index is -0.179. The molecule has 0 radical (unpaired) electrons. The summed E-state index contributed by atoms with van der Waals surface area (Å²) in [4.78, 5) is 31.1. The average Bonchev–Trinajstić information content (AvgIpc) is 3.23. The van der Waals surface area contributed by atoms with E-state index in [-0.39, 0.29) is 18.4 Å². The summed E-state index contributed by atoms with van der Waals surface area (Å²) in [6.45, 7) is 1.10. The van der Waals surface area contributed by atoms with E-state index < -0.39 is 0 Å². The van der Waals surface area contributed by atoms with Crippen LogP contribution in [0.2, 0.25) is 0 Å². The molecule has 1 aliphatic heterocycles. The molecule has 0 aliphatic carbocycles. The van der Waals surface area contributed by atoms with Gasteiger partial charge >= 0.3 is 0 Å². The Hall–Kier alpha value is -3.13. The van der Waals surface area contributed by atoms with Gasteiger partial charge in [-0.15, -0.1) is 11.8 Å². The minimum Gasteiger partial charge on any atom is -0.350 e. The molecular formula is C20H19N5O2S. The normalized spacial score (nSPS) is 13.3. The van der Waals surface area contributed by atoms with E-state index in [9.17, 15) is 9.59 Å². The second-order valence-corrected chi connectivity index (χ2v) is 7.44. The Bertz CT molecular complexity index is 973. The molecule has 142 valence electrons. The maximum atomic E-state index is 12.4. The molecule has 0 spiro atoms. The summed E-state index contributed by atoms with van der Waals surface area (Å²) in [5, 5.41) is 6.98. The first-order chi connectivity index (χ1) is 13.7. The second-order valence-electron chi connectivity index (χ2n) is 6.42. The molecule has 2 aromatic carbocycles. The molecule has 3 aromatic rings. The fourth-order valence-corrected chi connectivity index (χ4v) is 3.93. The number of nitrogens with one attached hydrogen (secondary N) is 1. The van der Waals surface area contributed by atoms with Gasteiger partial charge in [0.05, 0.1) is 18.0 Å². The summed E-state index contributed by atoms with van der Waals surface area (Å²) < 4.78 is 1.75. The van der Waals surface area contributed by atoms with Crippen molar-refractivity contribution in [2.75, 3.05) is 17.2 Å². The minimum absolute atomic E-state index is 0.0286. The molecule has 1 N–H and O–H groups in total. The highest BCUT2D eigenvalue weighted by molar-refractivity contribution is 8.00. The molecule has 1 aromatic heterocycles. The van der Waals surface area contributed by atoms with Crippen LogP contribution in [0.25, 0.3) is 0 Å². The largest absolute Gasteiger partial charge is 0.350 e. The summed E-state index contributed by atoms with van der Waals surface area (Å²) >= 11 is 1.51. The molecule has 0 bridgehead atoms. The lowest BCUT2D eigenvalue weighted by Gasteiger charge is -2.28. The van der Waals surface area contributed by atoms with E-state index >= 15 is 0 Å². The first kappa shape index (κ1) is 18.2. The lowest BCUT2D eigenvalue weighted by Crippen LogP contribution is -2.43. The van der Waals surface area contributed by atoms with Gasteiger partial charge in [0.2, 0.25) is 11.8 Å². The van der Waals surface area contributed by atoms with Crippen molar-refractivity contribution in [1.82, 2.24) is 20.1 Å². The van der Waals surface area contributed by atoms with Crippen molar-refractivity contribution in [2.45, 2.75) is 18.0 Å². The van der Waals surface area contributed by atoms with Crippen molar-refractivity contribution >= 4 is 29.3 Å². The van der Waals surface area contributed by atoms with Crippen molar-refractivity contribution < 1.29 is 9.59 Å². The predicted octanol–water partition coefficient (Wildman–Crippen LogP) is 2.08. The Morgan fingerprint density at radius 1 is 1.11 bits per heavy atom. The summed E-state index contributed by atoms with van der Waals surface area (Å²) in [6, 6.07) is 15.6. The highest BCUT2D eigenvalue weighted by Crippen LogP contribution is 2.34. The monoisotopic (exact) mass is 393 g/mol. The number of fused-ring (bicyclic) bond motifs is 1. The number of benzene rings is 2. The fourth-order valence-electron chi connectivity index (χ4n) is 2.99. The lowest BCUT2D eigenvalue weighted by molar-refractivity contribution is -0.123. The van der Waals surface area contributed by atoms with Gasteiger partial charge in [0, 0.05) is 11.4 Å². The SMILES string of the molecule is O=C(CN1C(=O)CSc2ccccc21)NCc1ccc(Cn2cncn2)cc1. The number of anilines is 1. The number of carbonyl (C=O) groups excluding carboxylic acids is 2. The first-order valence-corrected chi connectivity index (χ1v) is 9.87. The Balaban J connectivity index is 1.33. The Morgan fingerprint density at radius 2 is 1.89 bits per heavy atom. The van der Waals surface area contributed by atoms with Crippen LogP contribution < -0.4 is 10.2 Å². The first-order valence-electron chi connectivity index (χ1n) is 8.88. The molecule has 7 nitrogen and oxygen atoms in total. The van der Waals surface area contributed by atoms with Crippen molar-refractivity contribution in [2.24, 2.45) is 0 Å². The van der Waals surface area contributed by atoms with Crippen molar-refractivity contribution in [3.05, 3.63) is 72.3 Å². The molecule has 0 fully saturated rings. The maximum Gasteiger partial charge on any atom is 0.240 e. The quantitative estimate of drug-likeness (QED) is 0.694. The van der Waals surface area contributed by atoms with Crippen molar-refractivity contribution in [3.8, 4) is 0 Å². The van der Waals surface area contributed by atoms with Gasteiger partial charge in [-0.3, -0.25) is 9.59 Å². The summed E-state index contributed by atoms with van der Waals surface area (Å²) in [6.07, 6.45) is 3.18. The predicted molar refractivity (Wildman–Crippen MR) is 107 cm³/mol. The van der Waals surface area contributed by atoms with Crippen LogP contribution >= 0.6 is 11.8 Å². The Morgan fingerprint density at radius 3 is 2.68 bits per heavy atom. The van der Waals surface area contributed by atoms with Crippen LogP contribution in [0.5, 0.6) is 0 Å². The standard InChI is InChI=1S/C20H19N5O2S/c26-19(11-25-17-3-1-2-4-18(17)28-12-20(25)27)22-9-15-5-7-16(8-6-15)10-24-14-21-13-23-24/h1-8,13-14H,9-12H2,(H,22,26). The lowest BCUT2D eigenvalue weighted by atomic mass is 10.1. The highest BCUT2D eigenvalue weighted by Gasteiger charge is 2.25. The molecule has 0 saturated carbocycles. The van der Waals surface area contributed by atoms with E-state index in [1.54, 1.807) is 15.9 Å². The van der Waals surface area contributed by atoms with Crippen LogP contribution in [0.1, 0.15) is 11.1 Å². The number of hydrogen-bond donors (Lipinski definition) is 1. The average molecular weight is 393 g/mol. The smallest absolute Gasteiger partial charge is 0.240 e. The zero-order valence-corrected chi connectivity index (χ0v) is 15.9. The van der Waals surface area contributed by atoms with Crippen molar-refractivity contribution in [1.29, 1.82) is 0 Å². The van der Waals surface area contributed by atoms with E-state index in [4.69, 9.17) is 0 Å². The molecule has 4 rings (SSSR count). The molecule has 8 heteroatoms. The maximum absolute atomic E-state index is 12.4. The highest BCUT2D eigenvalue weighted by atomic mass is 32.2. The number of amides is 2. The van der Waals surface area contributed by atoms with E-state index in [2.05, 4.69) is 15.4 Å².